The summed E-state index contributed by atoms with van der Waals surface area (Å²) in [6.45, 7) is 4.10. The molecule has 4 heteroatoms. The van der Waals surface area contributed by atoms with E-state index in [4.69, 9.17) is 10.4 Å². The van der Waals surface area contributed by atoms with Gasteiger partial charge in [-0.05, 0) is 37.6 Å². The van der Waals surface area contributed by atoms with E-state index in [1.54, 1.807) is 6.07 Å². The molecule has 0 radical (unpaired) electrons. The third-order valence-corrected chi connectivity index (χ3v) is 2.25. The number of rotatable bonds is 4. The van der Waals surface area contributed by atoms with Crippen molar-refractivity contribution in [1.82, 2.24) is 5.32 Å². The zero-order chi connectivity index (χ0) is 12.2. The maximum absolute atomic E-state index is 13.1. The number of benzene rings is 1. The Hall–Kier alpha value is -1.44. The van der Waals surface area contributed by atoms with E-state index in [0.29, 0.717) is 17.7 Å². The number of nitrogens with one attached hydrogen (secondary N) is 1. The van der Waals surface area contributed by atoms with Crippen molar-refractivity contribution in [1.29, 1.82) is 5.26 Å². The largest absolute Gasteiger partial charge is 0.394 e. The second-order valence-electron chi connectivity index (χ2n) is 4.36. The van der Waals surface area contributed by atoms with Crippen LogP contribution < -0.4 is 5.32 Å². The molecule has 0 atom stereocenters. The summed E-state index contributed by atoms with van der Waals surface area (Å²) in [7, 11) is 0. The van der Waals surface area contributed by atoms with Crippen LogP contribution in [0, 0.1) is 17.1 Å². The fourth-order valence-corrected chi connectivity index (χ4v) is 1.21. The summed E-state index contributed by atoms with van der Waals surface area (Å²) >= 11 is 0. The molecule has 0 saturated heterocycles. The van der Waals surface area contributed by atoms with Crippen LogP contribution in [-0.4, -0.2) is 17.3 Å². The molecule has 86 valence electrons. The second kappa shape index (κ2) is 5.06. The van der Waals surface area contributed by atoms with Crippen molar-refractivity contribution in [2.45, 2.75) is 25.9 Å². The summed E-state index contributed by atoms with van der Waals surface area (Å²) in [5.41, 5.74) is 0.579. The van der Waals surface area contributed by atoms with Gasteiger partial charge in [0.05, 0.1) is 18.2 Å². The SMILES string of the molecule is CC(C)(CO)NCc1cc(F)cc(C#N)c1. The summed E-state index contributed by atoms with van der Waals surface area (Å²) in [4.78, 5) is 0. The molecule has 0 fully saturated rings. The number of halogens is 1. The topological polar surface area (TPSA) is 56.0 Å². The lowest BCUT2D eigenvalue weighted by molar-refractivity contribution is 0.187. The zero-order valence-corrected chi connectivity index (χ0v) is 9.42. The lowest BCUT2D eigenvalue weighted by Gasteiger charge is -2.23. The lowest BCUT2D eigenvalue weighted by Crippen LogP contribution is -2.42. The maximum Gasteiger partial charge on any atom is 0.124 e. The lowest BCUT2D eigenvalue weighted by atomic mass is 10.1. The van der Waals surface area contributed by atoms with Crippen LogP contribution in [0.2, 0.25) is 0 Å². The van der Waals surface area contributed by atoms with Gasteiger partial charge in [-0.25, -0.2) is 4.39 Å². The quantitative estimate of drug-likeness (QED) is 0.812. The highest BCUT2D eigenvalue weighted by Gasteiger charge is 2.15. The van der Waals surface area contributed by atoms with Gasteiger partial charge in [0.25, 0.3) is 0 Å². The van der Waals surface area contributed by atoms with Crippen LogP contribution in [0.25, 0.3) is 0 Å². The van der Waals surface area contributed by atoms with E-state index in [9.17, 15) is 4.39 Å². The molecule has 0 aliphatic heterocycles. The molecule has 0 amide bonds. The average molecular weight is 222 g/mol. The number of hydrogen-bond donors (Lipinski definition) is 2. The molecule has 3 nitrogen and oxygen atoms in total. The van der Waals surface area contributed by atoms with Gasteiger partial charge in [-0.15, -0.1) is 0 Å². The van der Waals surface area contributed by atoms with Crippen molar-refractivity contribution in [3.05, 3.63) is 35.1 Å². The number of aliphatic hydroxyl groups excluding tert-OH is 1. The third kappa shape index (κ3) is 3.61. The Bertz CT molecular complexity index is 410. The molecule has 0 unspecified atom stereocenters. The van der Waals surface area contributed by atoms with Crippen LogP contribution in [0.4, 0.5) is 4.39 Å². The van der Waals surface area contributed by atoms with Crippen LogP contribution >= 0.6 is 0 Å². The Morgan fingerprint density at radius 3 is 2.69 bits per heavy atom. The number of hydrogen-bond acceptors (Lipinski definition) is 3. The van der Waals surface area contributed by atoms with E-state index in [2.05, 4.69) is 5.32 Å². The number of nitrogens with zero attached hydrogens (tertiary/aromatic N) is 1. The van der Waals surface area contributed by atoms with Crippen molar-refractivity contribution < 1.29 is 9.50 Å². The Morgan fingerprint density at radius 2 is 2.12 bits per heavy atom. The fourth-order valence-electron chi connectivity index (χ4n) is 1.21. The Morgan fingerprint density at radius 1 is 1.44 bits per heavy atom. The van der Waals surface area contributed by atoms with Crippen molar-refractivity contribution in [3.8, 4) is 6.07 Å². The molecule has 0 spiro atoms. The van der Waals surface area contributed by atoms with Gasteiger partial charge in [-0.2, -0.15) is 5.26 Å². The maximum atomic E-state index is 13.1. The predicted octanol–water partition coefficient (Wildman–Crippen LogP) is 1.56. The summed E-state index contributed by atoms with van der Waals surface area (Å²) in [6.07, 6.45) is 0. The zero-order valence-electron chi connectivity index (χ0n) is 9.42. The van der Waals surface area contributed by atoms with Crippen LogP contribution in [-0.2, 0) is 6.54 Å². The van der Waals surface area contributed by atoms with Gasteiger partial charge in [0.1, 0.15) is 5.82 Å². The van der Waals surface area contributed by atoms with Crippen LogP contribution in [0.3, 0.4) is 0 Å². The first-order valence-electron chi connectivity index (χ1n) is 5.02. The number of nitriles is 1. The Labute approximate surface area is 94.5 Å². The minimum Gasteiger partial charge on any atom is -0.394 e. The first kappa shape index (κ1) is 12.6. The molecule has 1 aromatic carbocycles. The molecule has 0 aliphatic rings. The van der Waals surface area contributed by atoms with E-state index in [0.717, 1.165) is 0 Å². The van der Waals surface area contributed by atoms with Gasteiger partial charge < -0.3 is 10.4 Å². The summed E-state index contributed by atoms with van der Waals surface area (Å²) < 4.78 is 13.1. The molecular formula is C12H15FN2O. The number of aliphatic hydroxyl groups is 1. The predicted molar refractivity (Wildman–Crippen MR) is 59.1 cm³/mol. The van der Waals surface area contributed by atoms with Crippen molar-refractivity contribution >= 4 is 0 Å². The molecule has 0 heterocycles. The molecule has 2 N–H and O–H groups in total. The Balaban J connectivity index is 2.75. The minimum absolute atomic E-state index is 0.00652. The normalized spacial score (nSPS) is 11.2. The van der Waals surface area contributed by atoms with E-state index < -0.39 is 11.4 Å². The molecular weight excluding hydrogens is 207 g/mol. The summed E-state index contributed by atoms with van der Waals surface area (Å²) in [5, 5.41) is 20.8. The van der Waals surface area contributed by atoms with Gasteiger partial charge in [-0.3, -0.25) is 0 Å². The smallest absolute Gasteiger partial charge is 0.124 e. The fraction of sp³-hybridized carbons (Fsp3) is 0.417. The highest BCUT2D eigenvalue weighted by molar-refractivity contribution is 5.33. The summed E-state index contributed by atoms with van der Waals surface area (Å²) in [6, 6.07) is 6.10. The molecule has 1 aromatic rings. The highest BCUT2D eigenvalue weighted by Crippen LogP contribution is 2.10. The van der Waals surface area contributed by atoms with E-state index in [-0.39, 0.29) is 6.61 Å². The molecule has 0 aromatic heterocycles. The van der Waals surface area contributed by atoms with Crippen LogP contribution in [0.15, 0.2) is 18.2 Å². The van der Waals surface area contributed by atoms with Crippen molar-refractivity contribution in [2.24, 2.45) is 0 Å². The van der Waals surface area contributed by atoms with Crippen molar-refractivity contribution in [2.75, 3.05) is 6.61 Å². The van der Waals surface area contributed by atoms with Crippen molar-refractivity contribution in [3.63, 3.8) is 0 Å². The minimum atomic E-state index is -0.419. The average Bonchev–Trinajstić information content (AvgIpc) is 2.26. The standard InChI is InChI=1S/C12H15FN2O/c1-12(2,8-16)15-7-10-3-9(6-14)4-11(13)5-10/h3-5,15-16H,7-8H2,1-2H3. The second-order valence-corrected chi connectivity index (χ2v) is 4.36. The van der Waals surface area contributed by atoms with Gasteiger partial charge in [0.2, 0.25) is 0 Å². The monoisotopic (exact) mass is 222 g/mol. The van der Waals surface area contributed by atoms with E-state index in [1.807, 2.05) is 19.9 Å². The Kier molecular flexibility index (Phi) is 3.99. The first-order valence-corrected chi connectivity index (χ1v) is 5.02. The van der Waals surface area contributed by atoms with Crippen LogP contribution in [0.5, 0.6) is 0 Å². The first-order chi connectivity index (χ1) is 7.46. The van der Waals surface area contributed by atoms with Gasteiger partial charge in [0, 0.05) is 12.1 Å². The van der Waals surface area contributed by atoms with E-state index >= 15 is 0 Å². The third-order valence-electron chi connectivity index (χ3n) is 2.25. The van der Waals surface area contributed by atoms with Gasteiger partial charge in [-0.1, -0.05) is 0 Å². The van der Waals surface area contributed by atoms with E-state index in [1.165, 1.54) is 12.1 Å². The van der Waals surface area contributed by atoms with Gasteiger partial charge in [0.15, 0.2) is 0 Å². The molecule has 0 bridgehead atoms. The van der Waals surface area contributed by atoms with Crippen LogP contribution in [0.1, 0.15) is 25.0 Å². The molecule has 1 rings (SSSR count). The molecule has 0 saturated carbocycles. The highest BCUT2D eigenvalue weighted by atomic mass is 19.1. The summed E-state index contributed by atoms with van der Waals surface area (Å²) in [5.74, 6) is -0.419. The van der Waals surface area contributed by atoms with Gasteiger partial charge >= 0.3 is 0 Å². The molecule has 16 heavy (non-hydrogen) atoms. The molecule has 0 aliphatic carbocycles.